The average Bonchev–Trinajstić information content (AvgIpc) is 2.89. The summed E-state index contributed by atoms with van der Waals surface area (Å²) >= 11 is 0. The Morgan fingerprint density at radius 2 is 1.74 bits per heavy atom. The van der Waals surface area contributed by atoms with Gasteiger partial charge in [0.05, 0.1) is 0 Å². The van der Waals surface area contributed by atoms with Crippen LogP contribution in [-0.2, 0) is 24.5 Å². The molecule has 0 amide bonds. The maximum atomic E-state index is 12.4. The number of para-hydroxylation sites is 1. The maximum Gasteiger partial charge on any atom is 0.324 e. The molecule has 0 saturated carbocycles. The van der Waals surface area contributed by atoms with Crippen molar-refractivity contribution in [2.24, 2.45) is 5.92 Å². The molecule has 3 rings (SSSR count). The highest BCUT2D eigenvalue weighted by Crippen LogP contribution is 2.42. The summed E-state index contributed by atoms with van der Waals surface area (Å²) in [5.41, 5.74) is -0.107. The topological polar surface area (TPSA) is 65.7 Å². The molecule has 5 heteroatoms. The largest absolute Gasteiger partial charge is 0.460 e. The second-order valence-electron chi connectivity index (χ2n) is 6.59. The molecule has 0 N–H and O–H groups in total. The zero-order chi connectivity index (χ0) is 16.8. The third-order valence-corrected chi connectivity index (χ3v) is 4.52. The minimum atomic E-state index is -1.23. The van der Waals surface area contributed by atoms with Crippen LogP contribution in [0.25, 0.3) is 11.0 Å². The molecule has 23 heavy (non-hydrogen) atoms. The second-order valence-corrected chi connectivity index (χ2v) is 6.59. The highest BCUT2D eigenvalue weighted by atomic mass is 16.7. The van der Waals surface area contributed by atoms with Crippen LogP contribution in [-0.4, -0.2) is 17.7 Å². The van der Waals surface area contributed by atoms with Crippen LogP contribution in [0.2, 0.25) is 0 Å². The molecule has 1 atom stereocenters. The van der Waals surface area contributed by atoms with Crippen LogP contribution in [0.5, 0.6) is 0 Å². The molecule has 1 aliphatic rings. The molecule has 1 aromatic heterocycles. The zero-order valence-electron chi connectivity index (χ0n) is 13.7. The SMILES string of the molecule is CC[C@@](C)(c1cc2ccccc2o1)C1C(=O)OC(C)(C)OC1=O. The third-order valence-electron chi connectivity index (χ3n) is 4.52. The van der Waals surface area contributed by atoms with Crippen LogP contribution in [0.3, 0.4) is 0 Å². The number of carbonyl (C=O) groups excluding carboxylic acids is 2. The molecule has 0 unspecified atom stereocenters. The van der Waals surface area contributed by atoms with Crippen LogP contribution in [0.15, 0.2) is 34.7 Å². The van der Waals surface area contributed by atoms with Crippen LogP contribution in [0.1, 0.15) is 39.9 Å². The number of hydrogen-bond donors (Lipinski definition) is 0. The van der Waals surface area contributed by atoms with Crippen molar-refractivity contribution in [2.75, 3.05) is 0 Å². The van der Waals surface area contributed by atoms with Crippen molar-refractivity contribution in [3.8, 4) is 0 Å². The van der Waals surface area contributed by atoms with Gasteiger partial charge in [0.1, 0.15) is 11.3 Å². The fourth-order valence-corrected chi connectivity index (χ4v) is 3.02. The molecule has 0 aliphatic carbocycles. The molecule has 2 heterocycles. The van der Waals surface area contributed by atoms with Crippen molar-refractivity contribution < 1.29 is 23.5 Å². The number of fused-ring (bicyclic) bond motifs is 1. The zero-order valence-corrected chi connectivity index (χ0v) is 13.7. The highest BCUT2D eigenvalue weighted by molar-refractivity contribution is 5.98. The smallest absolute Gasteiger partial charge is 0.324 e. The first-order valence-corrected chi connectivity index (χ1v) is 7.71. The highest BCUT2D eigenvalue weighted by Gasteiger charge is 2.54. The van der Waals surface area contributed by atoms with E-state index < -0.39 is 29.1 Å². The van der Waals surface area contributed by atoms with Gasteiger partial charge in [0, 0.05) is 24.6 Å². The van der Waals surface area contributed by atoms with Gasteiger partial charge in [-0.05, 0) is 18.6 Å². The third kappa shape index (κ3) is 2.50. The molecule has 1 aromatic carbocycles. The Balaban J connectivity index is 2.06. The first-order chi connectivity index (χ1) is 10.8. The van der Waals surface area contributed by atoms with Gasteiger partial charge < -0.3 is 13.9 Å². The standard InChI is InChI=1S/C18H20O5/c1-5-18(4,13-10-11-8-6-7-9-12(11)21-13)14-15(19)22-17(2,3)23-16(14)20/h6-10,14H,5H2,1-4H3/t18-/m0/s1. The number of carbonyl (C=O) groups is 2. The molecule has 0 spiro atoms. The lowest BCUT2D eigenvalue weighted by atomic mass is 9.72. The summed E-state index contributed by atoms with van der Waals surface area (Å²) in [6.07, 6.45) is 0.530. The normalized spacial score (nSPS) is 20.9. The summed E-state index contributed by atoms with van der Waals surface area (Å²) < 4.78 is 16.5. The number of ether oxygens (including phenoxy) is 2. The van der Waals surface area contributed by atoms with E-state index in [-0.39, 0.29) is 0 Å². The van der Waals surface area contributed by atoms with E-state index in [1.54, 1.807) is 13.8 Å². The van der Waals surface area contributed by atoms with Gasteiger partial charge in [0.25, 0.3) is 5.79 Å². The van der Waals surface area contributed by atoms with Crippen molar-refractivity contribution in [3.05, 3.63) is 36.1 Å². The van der Waals surface area contributed by atoms with Gasteiger partial charge in [-0.1, -0.05) is 32.0 Å². The number of benzene rings is 1. The van der Waals surface area contributed by atoms with Gasteiger partial charge >= 0.3 is 11.9 Å². The molecule has 1 saturated heterocycles. The second kappa shape index (κ2) is 5.11. The van der Waals surface area contributed by atoms with Gasteiger partial charge in [-0.15, -0.1) is 0 Å². The van der Waals surface area contributed by atoms with E-state index in [9.17, 15) is 9.59 Å². The van der Waals surface area contributed by atoms with E-state index in [1.807, 2.05) is 44.2 Å². The molecule has 1 fully saturated rings. The first-order valence-electron chi connectivity index (χ1n) is 7.71. The Hall–Kier alpha value is -2.30. The molecule has 0 bridgehead atoms. The summed E-state index contributed by atoms with van der Waals surface area (Å²) in [7, 11) is 0. The molecule has 0 radical (unpaired) electrons. The molecule has 2 aromatic rings. The number of cyclic esters (lactones) is 2. The summed E-state index contributed by atoms with van der Waals surface area (Å²) in [5, 5.41) is 0.931. The summed E-state index contributed by atoms with van der Waals surface area (Å²) in [6.45, 7) is 6.83. The predicted octanol–water partition coefficient (Wildman–Crippen LogP) is 3.55. The van der Waals surface area contributed by atoms with Crippen molar-refractivity contribution in [1.82, 2.24) is 0 Å². The Bertz CT molecular complexity index is 720. The van der Waals surface area contributed by atoms with Gasteiger partial charge in [0.2, 0.25) is 0 Å². The lowest BCUT2D eigenvalue weighted by Gasteiger charge is -2.39. The van der Waals surface area contributed by atoms with Gasteiger partial charge in [-0.3, -0.25) is 9.59 Å². The van der Waals surface area contributed by atoms with Crippen LogP contribution >= 0.6 is 0 Å². The van der Waals surface area contributed by atoms with E-state index in [4.69, 9.17) is 13.9 Å². The predicted molar refractivity (Wildman–Crippen MR) is 83.6 cm³/mol. The summed E-state index contributed by atoms with van der Waals surface area (Å²) in [6, 6.07) is 9.45. The van der Waals surface area contributed by atoms with Gasteiger partial charge in [-0.2, -0.15) is 0 Å². The van der Waals surface area contributed by atoms with Crippen molar-refractivity contribution in [2.45, 2.75) is 45.3 Å². The van der Waals surface area contributed by atoms with Crippen LogP contribution < -0.4 is 0 Å². The minimum absolute atomic E-state index is 0.530. The molecular formula is C18H20O5. The van der Waals surface area contributed by atoms with E-state index in [0.717, 1.165) is 11.0 Å². The van der Waals surface area contributed by atoms with E-state index in [0.29, 0.717) is 12.2 Å². The van der Waals surface area contributed by atoms with Crippen LogP contribution in [0.4, 0.5) is 0 Å². The first kappa shape index (κ1) is 15.6. The fraction of sp³-hybridized carbons (Fsp3) is 0.444. The molecular weight excluding hydrogens is 296 g/mol. The monoisotopic (exact) mass is 316 g/mol. The van der Waals surface area contributed by atoms with Gasteiger partial charge in [-0.25, -0.2) is 0 Å². The van der Waals surface area contributed by atoms with E-state index in [1.165, 1.54) is 0 Å². The number of hydrogen-bond acceptors (Lipinski definition) is 5. The Labute approximate surface area is 134 Å². The number of rotatable bonds is 3. The molecule has 122 valence electrons. The van der Waals surface area contributed by atoms with E-state index in [2.05, 4.69) is 0 Å². The lowest BCUT2D eigenvalue weighted by Crippen LogP contribution is -2.53. The maximum absolute atomic E-state index is 12.4. The fourth-order valence-electron chi connectivity index (χ4n) is 3.02. The number of esters is 2. The van der Waals surface area contributed by atoms with Crippen molar-refractivity contribution >= 4 is 22.9 Å². The molecule has 1 aliphatic heterocycles. The molecule has 5 nitrogen and oxygen atoms in total. The van der Waals surface area contributed by atoms with E-state index >= 15 is 0 Å². The quantitative estimate of drug-likeness (QED) is 0.640. The Kier molecular flexibility index (Phi) is 3.47. The van der Waals surface area contributed by atoms with Crippen molar-refractivity contribution in [1.29, 1.82) is 0 Å². The minimum Gasteiger partial charge on any atom is -0.460 e. The summed E-state index contributed by atoms with van der Waals surface area (Å²) in [4.78, 5) is 24.9. The summed E-state index contributed by atoms with van der Waals surface area (Å²) in [5.74, 6) is -2.83. The lowest BCUT2D eigenvalue weighted by molar-refractivity contribution is -0.243. The number of furan rings is 1. The van der Waals surface area contributed by atoms with Crippen molar-refractivity contribution in [3.63, 3.8) is 0 Å². The Morgan fingerprint density at radius 1 is 1.13 bits per heavy atom. The Morgan fingerprint density at radius 3 is 2.30 bits per heavy atom. The van der Waals surface area contributed by atoms with Gasteiger partial charge in [0.15, 0.2) is 5.92 Å². The average molecular weight is 316 g/mol. The van der Waals surface area contributed by atoms with Crippen LogP contribution in [0, 0.1) is 5.92 Å².